The molecule has 0 amide bonds. The number of nitrogens with one attached hydrogen (secondary N) is 2. The average Bonchev–Trinajstić information content (AvgIpc) is 3.20. The van der Waals surface area contributed by atoms with Crippen molar-refractivity contribution in [1.82, 2.24) is 15.5 Å². The molecule has 2 aromatic rings. The van der Waals surface area contributed by atoms with Gasteiger partial charge < -0.3 is 15.4 Å². The van der Waals surface area contributed by atoms with Crippen molar-refractivity contribution in [2.24, 2.45) is 4.99 Å². The lowest BCUT2D eigenvalue weighted by atomic mass is 10.0. The smallest absolute Gasteiger partial charge is 0.191 e. The third kappa shape index (κ3) is 6.90. The highest BCUT2D eigenvalue weighted by Crippen LogP contribution is 2.23. The molecule has 2 heterocycles. The highest BCUT2D eigenvalue weighted by atomic mass is 127. The maximum atomic E-state index is 6.06. The topological polar surface area (TPSA) is 48.9 Å². The molecule has 8 heteroatoms. The Hall–Kier alpha value is -0.870. The van der Waals surface area contributed by atoms with Crippen LogP contribution < -0.4 is 10.6 Å². The Morgan fingerprint density at radius 3 is 2.59 bits per heavy atom. The van der Waals surface area contributed by atoms with Crippen LogP contribution in [0.1, 0.15) is 16.5 Å². The molecule has 0 spiro atoms. The maximum absolute atomic E-state index is 6.06. The first-order chi connectivity index (χ1) is 12.8. The second kappa shape index (κ2) is 11.9. The van der Waals surface area contributed by atoms with Crippen molar-refractivity contribution in [2.75, 3.05) is 39.9 Å². The lowest BCUT2D eigenvalue weighted by molar-refractivity contribution is 0.0170. The highest BCUT2D eigenvalue weighted by Gasteiger charge is 2.22. The zero-order chi connectivity index (χ0) is 18.2. The van der Waals surface area contributed by atoms with Crippen molar-refractivity contribution >= 4 is 52.9 Å². The summed E-state index contributed by atoms with van der Waals surface area (Å²) < 4.78 is 5.51. The van der Waals surface area contributed by atoms with Crippen LogP contribution in [0.4, 0.5) is 0 Å². The first-order valence-electron chi connectivity index (χ1n) is 8.80. The van der Waals surface area contributed by atoms with Gasteiger partial charge >= 0.3 is 0 Å². The van der Waals surface area contributed by atoms with Gasteiger partial charge in [-0.1, -0.05) is 29.8 Å². The third-order valence-corrected chi connectivity index (χ3v) is 5.57. The summed E-state index contributed by atoms with van der Waals surface area (Å²) in [6.45, 7) is 4.95. The van der Waals surface area contributed by atoms with Gasteiger partial charge in [0.05, 0.1) is 25.8 Å². The van der Waals surface area contributed by atoms with Crippen molar-refractivity contribution < 1.29 is 4.74 Å². The highest BCUT2D eigenvalue weighted by molar-refractivity contribution is 14.0. The van der Waals surface area contributed by atoms with E-state index in [0.29, 0.717) is 0 Å². The summed E-state index contributed by atoms with van der Waals surface area (Å²) >= 11 is 7.81. The Morgan fingerprint density at radius 1 is 1.22 bits per heavy atom. The molecule has 0 saturated carbocycles. The second-order valence-corrected chi connectivity index (χ2v) is 7.57. The Labute approximate surface area is 187 Å². The van der Waals surface area contributed by atoms with E-state index in [2.05, 4.69) is 50.2 Å². The molecule has 2 N–H and O–H groups in total. The largest absolute Gasteiger partial charge is 0.379 e. The Balaban J connectivity index is 0.00000261. The number of guanidine groups is 1. The Morgan fingerprint density at radius 2 is 1.96 bits per heavy atom. The number of ether oxygens (including phenoxy) is 1. The van der Waals surface area contributed by atoms with E-state index in [1.807, 2.05) is 12.1 Å². The average molecular weight is 521 g/mol. The van der Waals surface area contributed by atoms with E-state index in [-0.39, 0.29) is 30.0 Å². The number of halogens is 2. The number of morpholine rings is 1. The van der Waals surface area contributed by atoms with Crippen LogP contribution in [0.25, 0.3) is 0 Å². The van der Waals surface area contributed by atoms with Crippen molar-refractivity contribution in [1.29, 1.82) is 0 Å². The van der Waals surface area contributed by atoms with Crippen LogP contribution in [0.3, 0.4) is 0 Å². The van der Waals surface area contributed by atoms with E-state index < -0.39 is 0 Å². The van der Waals surface area contributed by atoms with Crippen LogP contribution >= 0.6 is 46.9 Å². The van der Waals surface area contributed by atoms with Crippen molar-refractivity contribution in [2.45, 2.75) is 12.6 Å². The molecule has 1 aromatic heterocycles. The summed E-state index contributed by atoms with van der Waals surface area (Å²) in [6.07, 6.45) is 0. The summed E-state index contributed by atoms with van der Waals surface area (Å²) in [7, 11) is 1.80. The molecule has 1 aliphatic rings. The molecule has 148 valence electrons. The number of aliphatic imine (C=N–C) groups is 1. The zero-order valence-corrected chi connectivity index (χ0v) is 19.3. The predicted octanol–water partition coefficient (Wildman–Crippen LogP) is 3.76. The van der Waals surface area contributed by atoms with Gasteiger partial charge in [0.2, 0.25) is 0 Å². The van der Waals surface area contributed by atoms with Crippen LogP contribution in [0.5, 0.6) is 0 Å². The third-order valence-electron chi connectivity index (χ3n) is 4.44. The number of rotatable bonds is 6. The van der Waals surface area contributed by atoms with Crippen LogP contribution in [0.2, 0.25) is 5.02 Å². The molecular weight excluding hydrogens is 495 g/mol. The van der Waals surface area contributed by atoms with Gasteiger partial charge in [0.1, 0.15) is 0 Å². The van der Waals surface area contributed by atoms with Crippen molar-refractivity contribution in [3.8, 4) is 0 Å². The fourth-order valence-electron chi connectivity index (χ4n) is 3.03. The number of nitrogens with zero attached hydrogens (tertiary/aromatic N) is 2. The number of benzene rings is 1. The van der Waals surface area contributed by atoms with Gasteiger partial charge in [0.15, 0.2) is 5.96 Å². The van der Waals surface area contributed by atoms with Crippen LogP contribution in [0.15, 0.2) is 46.8 Å². The lowest BCUT2D eigenvalue weighted by Crippen LogP contribution is -2.46. The fourth-order valence-corrected chi connectivity index (χ4v) is 3.80. The summed E-state index contributed by atoms with van der Waals surface area (Å²) in [4.78, 5) is 8.09. The summed E-state index contributed by atoms with van der Waals surface area (Å²) in [5, 5.41) is 9.69. The minimum Gasteiger partial charge on any atom is -0.379 e. The Kier molecular flexibility index (Phi) is 9.84. The molecule has 5 nitrogen and oxygen atoms in total. The van der Waals surface area contributed by atoms with Gasteiger partial charge in [-0.15, -0.1) is 35.3 Å². The molecule has 0 aliphatic carbocycles. The molecule has 3 rings (SSSR count). The van der Waals surface area contributed by atoms with Gasteiger partial charge in [-0.2, -0.15) is 0 Å². The standard InChI is InChI=1S/C19H25ClN4OS.HI/c1-21-19(22-13-17-3-2-12-26-17)23-14-18(24-8-10-25-11-9-24)15-4-6-16(20)7-5-15;/h2-7,12,18H,8-11,13-14H2,1H3,(H2,21,22,23);1H. The van der Waals surface area contributed by atoms with Crippen LogP contribution in [-0.2, 0) is 11.3 Å². The van der Waals surface area contributed by atoms with Crippen molar-refractivity contribution in [3.63, 3.8) is 0 Å². The quantitative estimate of drug-likeness (QED) is 0.346. The fraction of sp³-hybridized carbons (Fsp3) is 0.421. The molecule has 1 aliphatic heterocycles. The van der Waals surface area contributed by atoms with Gasteiger partial charge in [-0.05, 0) is 29.1 Å². The van der Waals surface area contributed by atoms with E-state index in [9.17, 15) is 0 Å². The minimum atomic E-state index is 0. The number of hydrogen-bond donors (Lipinski definition) is 2. The number of hydrogen-bond acceptors (Lipinski definition) is 4. The zero-order valence-electron chi connectivity index (χ0n) is 15.4. The predicted molar refractivity (Wildman–Crippen MR) is 125 cm³/mol. The van der Waals surface area contributed by atoms with E-state index >= 15 is 0 Å². The molecule has 1 saturated heterocycles. The monoisotopic (exact) mass is 520 g/mol. The number of thiophene rings is 1. The lowest BCUT2D eigenvalue weighted by Gasteiger charge is -2.35. The Bertz CT molecular complexity index is 690. The molecule has 1 atom stereocenters. The first kappa shape index (κ1) is 22.4. The first-order valence-corrected chi connectivity index (χ1v) is 10.1. The van der Waals surface area contributed by atoms with Gasteiger partial charge in [0.25, 0.3) is 0 Å². The molecule has 0 bridgehead atoms. The minimum absolute atomic E-state index is 0. The van der Waals surface area contributed by atoms with E-state index in [4.69, 9.17) is 16.3 Å². The summed E-state index contributed by atoms with van der Waals surface area (Å²) in [5.41, 5.74) is 1.25. The SMILES string of the molecule is CN=C(NCc1cccs1)NCC(c1ccc(Cl)cc1)N1CCOCC1.I. The molecule has 0 radical (unpaired) electrons. The molecule has 1 fully saturated rings. The second-order valence-electron chi connectivity index (χ2n) is 6.10. The van der Waals surface area contributed by atoms with Gasteiger partial charge in [-0.25, -0.2) is 0 Å². The maximum Gasteiger partial charge on any atom is 0.191 e. The van der Waals surface area contributed by atoms with Crippen LogP contribution in [0, 0.1) is 0 Å². The van der Waals surface area contributed by atoms with Crippen LogP contribution in [-0.4, -0.2) is 50.8 Å². The van der Waals surface area contributed by atoms with Gasteiger partial charge in [-0.3, -0.25) is 9.89 Å². The summed E-state index contributed by atoms with van der Waals surface area (Å²) in [5.74, 6) is 0.811. The summed E-state index contributed by atoms with van der Waals surface area (Å²) in [6, 6.07) is 12.5. The van der Waals surface area contributed by atoms with Gasteiger partial charge in [0, 0.05) is 36.6 Å². The van der Waals surface area contributed by atoms with E-state index in [1.54, 1.807) is 18.4 Å². The van der Waals surface area contributed by atoms with E-state index in [1.165, 1.54) is 10.4 Å². The molecular formula is C19H26ClIN4OS. The van der Waals surface area contributed by atoms with Crippen molar-refractivity contribution in [3.05, 3.63) is 57.2 Å². The molecule has 27 heavy (non-hydrogen) atoms. The normalized spacial score (nSPS) is 16.4. The molecule has 1 aromatic carbocycles. The molecule has 1 unspecified atom stereocenters. The van der Waals surface area contributed by atoms with E-state index in [0.717, 1.165) is 50.4 Å².